The zero-order chi connectivity index (χ0) is 14.6. The molecule has 1 rings (SSSR count). The van der Waals surface area contributed by atoms with Crippen LogP contribution in [0.25, 0.3) is 0 Å². The highest BCUT2D eigenvalue weighted by Crippen LogP contribution is 2.14. The Bertz CT molecular complexity index is 460. The maximum Gasteiger partial charge on any atom is 0.255 e. The molecule has 0 aliphatic rings. The number of nitrogens with one attached hydrogen (secondary N) is 2. The van der Waals surface area contributed by atoms with Gasteiger partial charge in [-0.05, 0) is 34.0 Å². The van der Waals surface area contributed by atoms with Gasteiger partial charge in [0.25, 0.3) is 5.91 Å². The number of aromatic nitrogens is 1. The van der Waals surface area contributed by atoms with Crippen molar-refractivity contribution in [2.45, 2.75) is 19.4 Å². The van der Waals surface area contributed by atoms with Gasteiger partial charge in [-0.1, -0.05) is 0 Å². The molecule has 1 amide bonds. The Morgan fingerprint density at radius 3 is 2.63 bits per heavy atom. The number of pyridine rings is 1. The smallest absolute Gasteiger partial charge is 0.255 e. The van der Waals surface area contributed by atoms with Crippen LogP contribution >= 0.6 is 0 Å². The Morgan fingerprint density at radius 2 is 2.11 bits per heavy atom. The van der Waals surface area contributed by atoms with Crippen molar-refractivity contribution in [1.82, 2.24) is 15.2 Å². The molecule has 0 unspecified atom stereocenters. The van der Waals surface area contributed by atoms with Crippen molar-refractivity contribution in [3.8, 4) is 0 Å². The van der Waals surface area contributed by atoms with Gasteiger partial charge in [0.05, 0.1) is 11.8 Å². The summed E-state index contributed by atoms with van der Waals surface area (Å²) in [6.07, 6.45) is 1.08. The number of halogens is 1. The first-order chi connectivity index (χ1) is 8.77. The highest BCUT2D eigenvalue weighted by Gasteiger charge is 2.22. The predicted octanol–water partition coefficient (Wildman–Crippen LogP) is 1.33. The van der Waals surface area contributed by atoms with E-state index in [-0.39, 0.29) is 17.0 Å². The summed E-state index contributed by atoms with van der Waals surface area (Å²) in [6.45, 7) is 4.48. The van der Waals surface area contributed by atoms with Gasteiger partial charge in [0.15, 0.2) is 0 Å². The first-order valence-electron chi connectivity index (χ1n) is 6.07. The lowest BCUT2D eigenvalue weighted by Crippen LogP contribution is -2.48. The van der Waals surface area contributed by atoms with Crippen LogP contribution in [0.3, 0.4) is 0 Å². The van der Waals surface area contributed by atoms with Gasteiger partial charge in [-0.15, -0.1) is 0 Å². The molecule has 0 aliphatic heterocycles. The summed E-state index contributed by atoms with van der Waals surface area (Å²) >= 11 is 0. The molecular weight excluding hydrogens is 247 g/mol. The van der Waals surface area contributed by atoms with Crippen molar-refractivity contribution in [2.24, 2.45) is 0 Å². The van der Waals surface area contributed by atoms with E-state index < -0.39 is 5.82 Å². The molecular formula is C13H21FN4O. The molecule has 6 heteroatoms. The van der Waals surface area contributed by atoms with Crippen LogP contribution in [0.15, 0.2) is 12.3 Å². The normalized spacial score (nSPS) is 11.5. The number of likely N-dealkylation sites (N-methyl/N-ethyl adjacent to an activating group) is 1. The number of carbonyl (C=O) groups is 1. The Balaban J connectivity index is 2.82. The lowest BCUT2D eigenvalue weighted by atomic mass is 10.0. The molecule has 0 aromatic carbocycles. The van der Waals surface area contributed by atoms with E-state index in [4.69, 9.17) is 0 Å². The zero-order valence-electron chi connectivity index (χ0n) is 12.0. The van der Waals surface area contributed by atoms with Crippen LogP contribution in [0.1, 0.15) is 24.2 Å². The van der Waals surface area contributed by atoms with E-state index in [1.807, 2.05) is 32.8 Å². The third-order valence-electron chi connectivity index (χ3n) is 3.23. The molecule has 19 heavy (non-hydrogen) atoms. The molecule has 0 fully saturated rings. The van der Waals surface area contributed by atoms with Crippen LogP contribution in [0, 0.1) is 5.82 Å². The minimum absolute atomic E-state index is 0.184. The predicted molar refractivity (Wildman–Crippen MR) is 73.8 cm³/mol. The second kappa shape index (κ2) is 5.97. The van der Waals surface area contributed by atoms with Crippen molar-refractivity contribution in [3.63, 3.8) is 0 Å². The maximum atomic E-state index is 13.2. The van der Waals surface area contributed by atoms with Crippen molar-refractivity contribution >= 4 is 11.7 Å². The van der Waals surface area contributed by atoms with Gasteiger partial charge in [0, 0.05) is 19.1 Å². The summed E-state index contributed by atoms with van der Waals surface area (Å²) in [7, 11) is 5.52. The highest BCUT2D eigenvalue weighted by atomic mass is 19.1. The summed E-state index contributed by atoms with van der Waals surface area (Å²) in [5, 5.41) is 5.57. The van der Waals surface area contributed by atoms with Crippen molar-refractivity contribution in [2.75, 3.05) is 33.0 Å². The number of anilines is 1. The van der Waals surface area contributed by atoms with Gasteiger partial charge in [0.2, 0.25) is 0 Å². The first-order valence-corrected chi connectivity index (χ1v) is 6.07. The summed E-state index contributed by atoms with van der Waals surface area (Å²) in [5.41, 5.74) is 0.0213. The Kier molecular flexibility index (Phi) is 4.83. The summed E-state index contributed by atoms with van der Waals surface area (Å²) in [4.78, 5) is 17.9. The van der Waals surface area contributed by atoms with Crippen LogP contribution in [0.5, 0.6) is 0 Å². The highest BCUT2D eigenvalue weighted by molar-refractivity contribution is 5.98. The molecule has 5 nitrogen and oxygen atoms in total. The van der Waals surface area contributed by atoms with E-state index in [0.29, 0.717) is 12.4 Å². The lowest BCUT2D eigenvalue weighted by Gasteiger charge is -2.32. The largest absolute Gasteiger partial charge is 0.372 e. The average molecular weight is 268 g/mol. The second-order valence-electron chi connectivity index (χ2n) is 5.19. The molecule has 0 aliphatic carbocycles. The van der Waals surface area contributed by atoms with Gasteiger partial charge in [0.1, 0.15) is 11.6 Å². The lowest BCUT2D eigenvalue weighted by molar-refractivity contribution is 0.0919. The van der Waals surface area contributed by atoms with Gasteiger partial charge in [-0.2, -0.15) is 0 Å². The number of nitrogens with zero attached hydrogens (tertiary/aromatic N) is 2. The van der Waals surface area contributed by atoms with E-state index in [1.165, 1.54) is 6.07 Å². The fourth-order valence-corrected chi connectivity index (χ4v) is 1.36. The van der Waals surface area contributed by atoms with E-state index in [9.17, 15) is 9.18 Å². The number of amides is 1. The van der Waals surface area contributed by atoms with Gasteiger partial charge < -0.3 is 15.5 Å². The summed E-state index contributed by atoms with van der Waals surface area (Å²) in [6, 6.07) is 1.18. The van der Waals surface area contributed by atoms with Gasteiger partial charge >= 0.3 is 0 Å². The zero-order valence-corrected chi connectivity index (χ0v) is 12.0. The molecule has 1 aromatic heterocycles. The third kappa shape index (κ3) is 3.89. The van der Waals surface area contributed by atoms with Crippen LogP contribution < -0.4 is 10.6 Å². The molecule has 0 bridgehead atoms. The molecule has 1 heterocycles. The molecule has 0 saturated heterocycles. The monoisotopic (exact) mass is 268 g/mol. The minimum Gasteiger partial charge on any atom is -0.372 e. The fraction of sp³-hybridized carbons (Fsp3) is 0.538. The molecule has 1 aromatic rings. The van der Waals surface area contributed by atoms with Crippen molar-refractivity contribution in [3.05, 3.63) is 23.6 Å². The van der Waals surface area contributed by atoms with E-state index in [0.717, 1.165) is 6.20 Å². The van der Waals surface area contributed by atoms with Crippen molar-refractivity contribution in [1.29, 1.82) is 0 Å². The molecule has 106 valence electrons. The number of hydrogen-bond donors (Lipinski definition) is 2. The number of rotatable bonds is 5. The summed E-state index contributed by atoms with van der Waals surface area (Å²) in [5.74, 6) is -0.510. The van der Waals surface area contributed by atoms with Crippen LogP contribution in [0.2, 0.25) is 0 Å². The molecule has 0 atom stereocenters. The van der Waals surface area contributed by atoms with Crippen LogP contribution in [-0.2, 0) is 0 Å². The van der Waals surface area contributed by atoms with Crippen LogP contribution in [0.4, 0.5) is 10.2 Å². The second-order valence-corrected chi connectivity index (χ2v) is 5.19. The Hall–Kier alpha value is -1.69. The molecule has 0 spiro atoms. The number of hydrogen-bond acceptors (Lipinski definition) is 4. The fourth-order valence-electron chi connectivity index (χ4n) is 1.36. The van der Waals surface area contributed by atoms with E-state index in [2.05, 4.69) is 15.6 Å². The number of carbonyl (C=O) groups excluding carboxylic acids is 1. The third-order valence-corrected chi connectivity index (χ3v) is 3.23. The average Bonchev–Trinajstić information content (AvgIpc) is 2.35. The maximum absolute atomic E-state index is 13.2. The molecule has 0 saturated carbocycles. The SMILES string of the molecule is CNc1ncc(F)cc1C(=O)NCC(C)(C)N(C)C. The Morgan fingerprint density at radius 1 is 1.47 bits per heavy atom. The first kappa shape index (κ1) is 15.4. The molecule has 0 radical (unpaired) electrons. The van der Waals surface area contributed by atoms with Crippen molar-refractivity contribution < 1.29 is 9.18 Å². The quantitative estimate of drug-likeness (QED) is 0.846. The topological polar surface area (TPSA) is 57.3 Å². The van der Waals surface area contributed by atoms with E-state index in [1.54, 1.807) is 7.05 Å². The standard InChI is InChI=1S/C13H21FN4O/c1-13(2,18(4)5)8-17-12(19)10-6-9(14)7-16-11(10)15-3/h6-7H,8H2,1-5H3,(H,15,16)(H,17,19). The van der Waals surface area contributed by atoms with Gasteiger partial charge in [-0.25, -0.2) is 9.37 Å². The van der Waals surface area contributed by atoms with Crippen LogP contribution in [-0.4, -0.2) is 49.0 Å². The minimum atomic E-state index is -0.531. The molecule has 2 N–H and O–H groups in total. The Labute approximate surface area is 113 Å². The van der Waals surface area contributed by atoms with E-state index >= 15 is 0 Å². The van der Waals surface area contributed by atoms with Gasteiger partial charge in [-0.3, -0.25) is 4.79 Å². The summed E-state index contributed by atoms with van der Waals surface area (Å²) < 4.78 is 13.2.